The molecule has 0 atom stereocenters. The number of piperidine rings is 1. The summed E-state index contributed by atoms with van der Waals surface area (Å²) in [7, 11) is -1.69. The van der Waals surface area contributed by atoms with Crippen LogP contribution in [0.1, 0.15) is 52.4 Å². The van der Waals surface area contributed by atoms with Crippen molar-refractivity contribution in [2.24, 2.45) is 5.92 Å². The maximum atomic E-state index is 4.31. The van der Waals surface area contributed by atoms with E-state index in [0.717, 1.165) is 25.6 Å². The average molecular weight is 763 g/mol. The minimum atomic E-state index is -1.69. The van der Waals surface area contributed by atoms with Crippen molar-refractivity contribution < 1.29 is 7.84 Å². The number of nitrogens with zero attached hydrogens (tertiary/aromatic N) is 2. The van der Waals surface area contributed by atoms with Crippen LogP contribution in [0.5, 0.6) is 0 Å². The second-order valence-electron chi connectivity index (χ2n) is 5.38. The molecule has 0 aromatic heterocycles. The van der Waals surface area contributed by atoms with Gasteiger partial charge in [0.1, 0.15) is 0 Å². The molecule has 2 nitrogen and oxygen atoms in total. The Labute approximate surface area is 171 Å². The molecule has 1 fully saturated rings. The van der Waals surface area contributed by atoms with E-state index >= 15 is 0 Å². The molecular weight excluding hydrogens is 735 g/mol. The van der Waals surface area contributed by atoms with Crippen LogP contribution in [-0.2, 0) is 7.84 Å². The molecule has 0 radical (unpaired) electrons. The van der Waals surface area contributed by atoms with Crippen LogP contribution in [0.2, 0.25) is 0 Å². The van der Waals surface area contributed by atoms with Gasteiger partial charge in [0.25, 0.3) is 0 Å². The molecule has 140 valence electrons. The van der Waals surface area contributed by atoms with Crippen molar-refractivity contribution in [1.82, 2.24) is 0 Å². The van der Waals surface area contributed by atoms with Gasteiger partial charge in [-0.1, -0.05) is 63.7 Å². The molecule has 0 amide bonds. The molecule has 2 aliphatic heterocycles. The summed E-state index contributed by atoms with van der Waals surface area (Å²) >= 11 is 13.2. The van der Waals surface area contributed by atoms with Gasteiger partial charge in [-0.25, -0.2) is 0 Å². The Morgan fingerprint density at radius 3 is 2.13 bits per heavy atom. The van der Waals surface area contributed by atoms with E-state index in [-0.39, 0.29) is 0 Å². The Balaban J connectivity index is 0.000000332. The number of hydrogen-bond acceptors (Lipinski definition) is 0. The van der Waals surface area contributed by atoms with Gasteiger partial charge in [-0.2, -0.15) is 6.20 Å². The summed E-state index contributed by atoms with van der Waals surface area (Å²) in [5, 5.41) is 8.36. The second kappa shape index (κ2) is 16.1. The zero-order chi connectivity index (χ0) is 17.6. The van der Waals surface area contributed by atoms with Crippen LogP contribution in [-0.4, -0.2) is 19.6 Å². The number of rotatable bonds is 4. The zero-order valence-electron chi connectivity index (χ0n) is 13.9. The van der Waals surface area contributed by atoms with E-state index in [1.807, 2.05) is 6.20 Å². The Kier molecular flexibility index (Phi) is 17.3. The van der Waals surface area contributed by atoms with Crippen LogP contribution in [0, 0.1) is 5.92 Å². The van der Waals surface area contributed by atoms with E-state index in [2.05, 4.69) is 89.8 Å². The summed E-state index contributed by atoms with van der Waals surface area (Å²) in [4.78, 5) is 0. The first kappa shape index (κ1) is 24.8. The SMILES string of the molecule is CCCC1=CC[N-]C=C1.CCCC1CC[N-]CC1.[Br][Pt+2]([Br])([Br])[Br]. The molecule has 0 aromatic rings. The Hall–Kier alpha value is 1.85. The predicted molar refractivity (Wildman–Crippen MR) is 117 cm³/mol. The van der Waals surface area contributed by atoms with Gasteiger partial charge in [-0.05, 0) is 12.3 Å². The first-order valence-corrected chi connectivity index (χ1v) is 27.9. The molecule has 0 unspecified atom stereocenters. The molecule has 0 bridgehead atoms. The van der Waals surface area contributed by atoms with Crippen molar-refractivity contribution in [1.29, 1.82) is 0 Å². The van der Waals surface area contributed by atoms with Crippen LogP contribution >= 0.6 is 53.2 Å². The fourth-order valence-corrected chi connectivity index (χ4v) is 2.42. The average Bonchev–Trinajstić information content (AvgIpc) is 2.49. The van der Waals surface area contributed by atoms with E-state index in [1.54, 1.807) is 0 Å². The van der Waals surface area contributed by atoms with Gasteiger partial charge in [0, 0.05) is 0 Å². The molecule has 0 saturated carbocycles. The van der Waals surface area contributed by atoms with Crippen LogP contribution in [0.3, 0.4) is 0 Å². The van der Waals surface area contributed by atoms with Crippen LogP contribution in [0.15, 0.2) is 23.9 Å². The fraction of sp³-hybridized carbons (Fsp3) is 0.750. The summed E-state index contributed by atoms with van der Waals surface area (Å²) in [5.41, 5.74) is 1.44. The fourth-order valence-electron chi connectivity index (χ4n) is 2.42. The summed E-state index contributed by atoms with van der Waals surface area (Å²) in [5.74, 6) is 1.01. The van der Waals surface area contributed by atoms with Gasteiger partial charge in [0.15, 0.2) is 0 Å². The molecule has 0 N–H and O–H groups in total. The molecular formula is C16H28Br4N2Pt. The Morgan fingerprint density at radius 1 is 1.09 bits per heavy atom. The van der Waals surface area contributed by atoms with E-state index in [0.29, 0.717) is 0 Å². The maximum absolute atomic E-state index is 4.31. The minimum absolute atomic E-state index is 0.881. The van der Waals surface area contributed by atoms with Crippen molar-refractivity contribution in [2.45, 2.75) is 52.4 Å². The third-order valence-electron chi connectivity index (χ3n) is 3.48. The topological polar surface area (TPSA) is 28.2 Å². The Morgan fingerprint density at radius 2 is 1.70 bits per heavy atom. The number of hydrogen-bond donors (Lipinski definition) is 0. The first-order chi connectivity index (χ1) is 10.9. The van der Waals surface area contributed by atoms with Gasteiger partial charge in [0.2, 0.25) is 0 Å². The van der Waals surface area contributed by atoms with Gasteiger partial charge in [0.05, 0.1) is 0 Å². The van der Waals surface area contributed by atoms with Crippen molar-refractivity contribution in [3.8, 4) is 0 Å². The molecule has 23 heavy (non-hydrogen) atoms. The third kappa shape index (κ3) is 20.0. The summed E-state index contributed by atoms with van der Waals surface area (Å²) in [6, 6.07) is 0. The molecule has 2 rings (SSSR count). The summed E-state index contributed by atoms with van der Waals surface area (Å²) < 4.78 is 0. The second-order valence-corrected chi connectivity index (χ2v) is 65.0. The normalized spacial score (nSPS) is 18.6. The van der Waals surface area contributed by atoms with E-state index in [4.69, 9.17) is 0 Å². The van der Waals surface area contributed by atoms with E-state index in [9.17, 15) is 0 Å². The monoisotopic (exact) mass is 759 g/mol. The van der Waals surface area contributed by atoms with Gasteiger partial charge in [-0.3, -0.25) is 0 Å². The summed E-state index contributed by atoms with van der Waals surface area (Å²) in [6.07, 6.45) is 14.1. The van der Waals surface area contributed by atoms with Crippen molar-refractivity contribution in [3.05, 3.63) is 34.6 Å². The molecule has 0 aliphatic carbocycles. The van der Waals surface area contributed by atoms with Crippen LogP contribution < -0.4 is 0 Å². The van der Waals surface area contributed by atoms with Gasteiger partial charge < -0.3 is 10.6 Å². The molecule has 0 spiro atoms. The van der Waals surface area contributed by atoms with Crippen molar-refractivity contribution in [3.63, 3.8) is 0 Å². The Bertz CT molecular complexity index is 329. The molecule has 0 aromatic carbocycles. The third-order valence-corrected chi connectivity index (χ3v) is 3.48. The number of halogens is 4. The van der Waals surface area contributed by atoms with Gasteiger partial charge >= 0.3 is 61.0 Å². The van der Waals surface area contributed by atoms with Crippen molar-refractivity contribution >= 4 is 53.2 Å². The van der Waals surface area contributed by atoms with E-state index in [1.165, 1.54) is 44.1 Å². The molecule has 2 heterocycles. The van der Waals surface area contributed by atoms with E-state index < -0.39 is 7.84 Å². The molecule has 2 aliphatic rings. The zero-order valence-corrected chi connectivity index (χ0v) is 22.5. The molecule has 1 saturated heterocycles. The van der Waals surface area contributed by atoms with Crippen molar-refractivity contribution in [2.75, 3.05) is 19.6 Å². The van der Waals surface area contributed by atoms with Crippen LogP contribution in [0.25, 0.3) is 10.6 Å². The van der Waals surface area contributed by atoms with Gasteiger partial charge in [-0.15, -0.1) is 19.6 Å². The number of allylic oxidation sites excluding steroid dienone is 2. The predicted octanol–water partition coefficient (Wildman–Crippen LogP) is 8.56. The standard InChI is InChI=1S/C8H16N.C8H12N.4BrH.Pt/c2*1-2-3-8-4-6-9-7-5-8;;;;;/h8H,2-7H2,1H3;4-6H,2-3,7H2,1H3;4*1H;/q2*-1;;;;;+6/p-4. The van der Waals surface area contributed by atoms with Crippen LogP contribution in [0.4, 0.5) is 0 Å². The summed E-state index contributed by atoms with van der Waals surface area (Å²) in [6.45, 7) is 7.60. The first-order valence-electron chi connectivity index (χ1n) is 8.00. The quantitative estimate of drug-likeness (QED) is 0.275. The molecule has 7 heteroatoms.